The molecule has 1 aliphatic rings. The Morgan fingerprint density at radius 1 is 0.739 bits per heavy atom. The van der Waals surface area contributed by atoms with Crippen LogP contribution in [0.25, 0.3) is 28.0 Å². The van der Waals surface area contributed by atoms with Crippen molar-refractivity contribution >= 4 is 16.8 Å². The van der Waals surface area contributed by atoms with E-state index < -0.39 is 0 Å². The van der Waals surface area contributed by atoms with Crippen molar-refractivity contribution in [1.82, 2.24) is 0 Å². The van der Waals surface area contributed by atoms with Crippen molar-refractivity contribution in [1.29, 1.82) is 0 Å². The monoisotopic (exact) mass is 373 g/mol. The summed E-state index contributed by atoms with van der Waals surface area (Å²) in [6.45, 7) is 4.51. The zero-order valence-corrected chi connectivity index (χ0v) is 16.0. The van der Waals surface area contributed by atoms with Crippen molar-refractivity contribution in [2.45, 2.75) is 13.8 Å². The molecule has 0 aromatic heterocycles. The molecule has 0 saturated heterocycles. The minimum absolute atomic E-state index is 0. The summed E-state index contributed by atoms with van der Waals surface area (Å²) in [5.41, 5.74) is 6.78. The fraction of sp³-hybridized carbons (Fsp3) is 0.136. The molecular weight excluding hydrogens is 355 g/mol. The van der Waals surface area contributed by atoms with E-state index in [9.17, 15) is 0 Å². The molecular formula is C22H19Zr. The summed E-state index contributed by atoms with van der Waals surface area (Å²) in [4.78, 5) is 0. The molecule has 0 fully saturated rings. The van der Waals surface area contributed by atoms with Crippen LogP contribution in [0.5, 0.6) is 0 Å². The first-order valence-electron chi connectivity index (χ1n) is 7.91. The maximum atomic E-state index is 2.36. The molecule has 4 rings (SSSR count). The molecule has 0 atom stereocenters. The molecule has 1 radical (unpaired) electrons. The van der Waals surface area contributed by atoms with Gasteiger partial charge in [-0.05, 0) is 38.9 Å². The summed E-state index contributed by atoms with van der Waals surface area (Å²) in [5.74, 6) is 0.563. The van der Waals surface area contributed by atoms with Gasteiger partial charge in [0.05, 0.1) is 0 Å². The van der Waals surface area contributed by atoms with Crippen molar-refractivity contribution in [3.8, 4) is 11.1 Å². The zero-order valence-electron chi connectivity index (χ0n) is 13.5. The SMILES string of the molecule is CC(C)C1=Cc2c(cccc2-c2cccc3ccccc23)[CH]1.[Zr]. The van der Waals surface area contributed by atoms with E-state index >= 15 is 0 Å². The second-order valence-corrected chi connectivity index (χ2v) is 6.28. The van der Waals surface area contributed by atoms with Gasteiger partial charge in [-0.3, -0.25) is 0 Å². The van der Waals surface area contributed by atoms with Crippen LogP contribution in [0, 0.1) is 12.3 Å². The van der Waals surface area contributed by atoms with Gasteiger partial charge in [0.25, 0.3) is 0 Å². The number of fused-ring (bicyclic) bond motifs is 2. The van der Waals surface area contributed by atoms with E-state index in [-0.39, 0.29) is 26.2 Å². The minimum Gasteiger partial charge on any atom is -0.0616 e. The van der Waals surface area contributed by atoms with Crippen molar-refractivity contribution in [3.63, 3.8) is 0 Å². The molecule has 0 heterocycles. The Kier molecular flexibility index (Phi) is 4.69. The third kappa shape index (κ3) is 2.88. The summed E-state index contributed by atoms with van der Waals surface area (Å²) < 4.78 is 0. The van der Waals surface area contributed by atoms with Gasteiger partial charge in [-0.2, -0.15) is 0 Å². The van der Waals surface area contributed by atoms with E-state index in [2.05, 4.69) is 87.0 Å². The molecule has 1 heteroatoms. The fourth-order valence-electron chi connectivity index (χ4n) is 3.29. The second-order valence-electron chi connectivity index (χ2n) is 6.28. The quantitative estimate of drug-likeness (QED) is 0.508. The predicted octanol–water partition coefficient (Wildman–Crippen LogP) is 6.11. The van der Waals surface area contributed by atoms with Crippen LogP contribution in [0.4, 0.5) is 0 Å². The smallest absolute Gasteiger partial charge is 0.0167 e. The van der Waals surface area contributed by atoms with Gasteiger partial charge in [-0.25, -0.2) is 0 Å². The molecule has 111 valence electrons. The van der Waals surface area contributed by atoms with Crippen molar-refractivity contribution in [3.05, 3.63) is 83.8 Å². The second kappa shape index (κ2) is 6.58. The molecule has 0 aliphatic heterocycles. The largest absolute Gasteiger partial charge is 0.0616 e. The van der Waals surface area contributed by atoms with Crippen molar-refractivity contribution < 1.29 is 26.2 Å². The zero-order chi connectivity index (χ0) is 15.1. The molecule has 0 spiro atoms. The summed E-state index contributed by atoms with van der Waals surface area (Å²) >= 11 is 0. The Labute approximate surface area is 157 Å². The van der Waals surface area contributed by atoms with E-state index in [4.69, 9.17) is 0 Å². The van der Waals surface area contributed by atoms with Crippen LogP contribution in [0.15, 0.2) is 66.2 Å². The summed E-state index contributed by atoms with van der Waals surface area (Å²) in [7, 11) is 0. The first-order chi connectivity index (χ1) is 10.7. The summed E-state index contributed by atoms with van der Waals surface area (Å²) in [5, 5.41) is 2.62. The van der Waals surface area contributed by atoms with Gasteiger partial charge < -0.3 is 0 Å². The number of allylic oxidation sites excluding steroid dienone is 1. The molecule has 3 aromatic carbocycles. The van der Waals surface area contributed by atoms with Crippen LogP contribution in [-0.4, -0.2) is 0 Å². The Morgan fingerprint density at radius 3 is 2.26 bits per heavy atom. The molecule has 0 amide bonds. The van der Waals surface area contributed by atoms with Crippen LogP contribution < -0.4 is 0 Å². The van der Waals surface area contributed by atoms with E-state index in [0.29, 0.717) is 5.92 Å². The van der Waals surface area contributed by atoms with Crippen LogP contribution >= 0.6 is 0 Å². The van der Waals surface area contributed by atoms with Crippen LogP contribution in [0.1, 0.15) is 25.0 Å². The Balaban J connectivity index is 0.00000156. The molecule has 23 heavy (non-hydrogen) atoms. The Morgan fingerprint density at radius 2 is 1.43 bits per heavy atom. The normalized spacial score (nSPS) is 12.9. The Hall–Kier alpha value is -1.46. The third-order valence-electron chi connectivity index (χ3n) is 4.52. The van der Waals surface area contributed by atoms with E-state index in [1.807, 2.05) is 0 Å². The fourth-order valence-corrected chi connectivity index (χ4v) is 3.29. The first-order valence-corrected chi connectivity index (χ1v) is 7.91. The summed E-state index contributed by atoms with van der Waals surface area (Å²) in [6.07, 6.45) is 4.69. The van der Waals surface area contributed by atoms with E-state index in [1.54, 1.807) is 0 Å². The van der Waals surface area contributed by atoms with Gasteiger partial charge in [0.2, 0.25) is 0 Å². The van der Waals surface area contributed by atoms with Gasteiger partial charge in [-0.15, -0.1) is 0 Å². The molecule has 0 N–H and O–H groups in total. The average molecular weight is 375 g/mol. The molecule has 0 unspecified atom stereocenters. The Bertz CT molecular complexity index is 882. The van der Waals surface area contributed by atoms with E-state index in [0.717, 1.165) is 0 Å². The van der Waals surface area contributed by atoms with Gasteiger partial charge >= 0.3 is 0 Å². The maximum Gasteiger partial charge on any atom is 0.0167 e. The molecule has 0 bridgehead atoms. The summed E-state index contributed by atoms with van der Waals surface area (Å²) in [6, 6.07) is 21.8. The van der Waals surface area contributed by atoms with Crippen molar-refractivity contribution in [2.75, 3.05) is 0 Å². The molecule has 3 aromatic rings. The number of benzene rings is 3. The van der Waals surface area contributed by atoms with Crippen molar-refractivity contribution in [2.24, 2.45) is 5.92 Å². The number of hydrogen-bond donors (Lipinski definition) is 0. The van der Waals surface area contributed by atoms with Gasteiger partial charge in [0, 0.05) is 32.6 Å². The average Bonchev–Trinajstić information content (AvgIpc) is 2.99. The number of rotatable bonds is 2. The van der Waals surface area contributed by atoms with Crippen LogP contribution in [0.2, 0.25) is 0 Å². The minimum atomic E-state index is 0. The molecule has 1 aliphatic carbocycles. The topological polar surface area (TPSA) is 0 Å². The standard InChI is InChI=1S/C22H19.Zr/c1-15(2)18-13-17-9-6-12-21(22(17)14-18)20-11-5-8-16-7-3-4-10-19(16)20;/h3-15H,1-2H3;. The van der Waals surface area contributed by atoms with Gasteiger partial charge in [-0.1, -0.05) is 86.2 Å². The predicted molar refractivity (Wildman–Crippen MR) is 95.6 cm³/mol. The van der Waals surface area contributed by atoms with Gasteiger partial charge in [0.15, 0.2) is 0 Å². The van der Waals surface area contributed by atoms with Crippen LogP contribution in [0.3, 0.4) is 0 Å². The van der Waals surface area contributed by atoms with E-state index in [1.165, 1.54) is 38.6 Å². The molecule has 0 nitrogen and oxygen atoms in total. The number of hydrogen-bond acceptors (Lipinski definition) is 0. The van der Waals surface area contributed by atoms with Gasteiger partial charge in [0.1, 0.15) is 0 Å². The first kappa shape index (κ1) is 16.4. The molecule has 0 saturated carbocycles. The van der Waals surface area contributed by atoms with Crippen LogP contribution in [-0.2, 0) is 26.2 Å². The maximum absolute atomic E-state index is 2.36. The third-order valence-corrected chi connectivity index (χ3v) is 4.52.